The smallest absolute Gasteiger partial charge is 0.350 e. The molecule has 3 heterocycles. The first-order valence-corrected chi connectivity index (χ1v) is 10.6. The summed E-state index contributed by atoms with van der Waals surface area (Å²) >= 11 is 0. The van der Waals surface area contributed by atoms with Crippen molar-refractivity contribution in [1.82, 2.24) is 25.3 Å². The highest BCUT2D eigenvalue weighted by atomic mass is 19.4. The van der Waals surface area contributed by atoms with Gasteiger partial charge in [-0.15, -0.1) is 0 Å². The molecule has 1 aliphatic rings. The maximum absolute atomic E-state index is 12.9. The summed E-state index contributed by atoms with van der Waals surface area (Å²) < 4.78 is 42.2. The predicted molar refractivity (Wildman–Crippen MR) is 115 cm³/mol. The first-order chi connectivity index (χ1) is 16.3. The van der Waals surface area contributed by atoms with E-state index in [-0.39, 0.29) is 23.8 Å². The van der Waals surface area contributed by atoms with Gasteiger partial charge in [0.25, 0.3) is 5.91 Å². The van der Waals surface area contributed by atoms with Crippen molar-refractivity contribution in [3.63, 3.8) is 0 Å². The maximum atomic E-state index is 12.9. The molecule has 9 nitrogen and oxygen atoms in total. The standard InChI is InChI=1S/C22H21F3N6O3/c23-22(24,25)20-29-18(30-34-20)14-6-8-16(9-7-14)28-21(33)31-11-2-1-5-17(31)13-27-19(32)15-4-3-10-26-12-15/h3-4,6-10,12,17H,1-2,5,11,13H2,(H,27,32)(H,28,33). The largest absolute Gasteiger partial charge is 0.471 e. The normalized spacial score (nSPS) is 16.2. The number of nitrogens with one attached hydrogen (secondary N) is 2. The van der Waals surface area contributed by atoms with E-state index in [2.05, 4.69) is 30.3 Å². The van der Waals surface area contributed by atoms with Crippen molar-refractivity contribution >= 4 is 17.6 Å². The summed E-state index contributed by atoms with van der Waals surface area (Å²) in [5.74, 6) is -1.89. The Morgan fingerprint density at radius 3 is 2.62 bits per heavy atom. The lowest BCUT2D eigenvalue weighted by Crippen LogP contribution is -2.50. The number of hydrogen-bond donors (Lipinski definition) is 2. The molecule has 0 aliphatic carbocycles. The molecule has 12 heteroatoms. The third kappa shape index (κ3) is 5.50. The molecule has 1 aliphatic heterocycles. The SMILES string of the molecule is O=C(NCC1CCCCN1C(=O)Nc1ccc(-c2noc(C(F)(F)F)n2)cc1)c1cccnc1. The number of benzene rings is 1. The number of amides is 3. The van der Waals surface area contributed by atoms with Crippen LogP contribution < -0.4 is 10.6 Å². The fraction of sp³-hybridized carbons (Fsp3) is 0.318. The third-order valence-corrected chi connectivity index (χ3v) is 5.37. The Bertz CT molecular complexity index is 1130. The minimum Gasteiger partial charge on any atom is -0.350 e. The number of hydrogen-bond acceptors (Lipinski definition) is 6. The number of halogens is 3. The van der Waals surface area contributed by atoms with Crippen LogP contribution in [0, 0.1) is 0 Å². The lowest BCUT2D eigenvalue weighted by molar-refractivity contribution is -0.159. The molecule has 34 heavy (non-hydrogen) atoms. The molecule has 4 rings (SSSR count). The van der Waals surface area contributed by atoms with Gasteiger partial charge in [0.1, 0.15) is 0 Å². The third-order valence-electron chi connectivity index (χ3n) is 5.37. The van der Waals surface area contributed by atoms with Gasteiger partial charge in [0, 0.05) is 36.7 Å². The van der Waals surface area contributed by atoms with E-state index in [0.717, 1.165) is 19.3 Å². The number of likely N-dealkylation sites (tertiary alicyclic amines) is 1. The van der Waals surface area contributed by atoms with Crippen LogP contribution in [0.4, 0.5) is 23.7 Å². The van der Waals surface area contributed by atoms with Crippen LogP contribution >= 0.6 is 0 Å². The minimum atomic E-state index is -4.72. The molecule has 0 spiro atoms. The summed E-state index contributed by atoms with van der Waals surface area (Å²) in [5.41, 5.74) is 1.21. The van der Waals surface area contributed by atoms with Crippen LogP contribution in [0.3, 0.4) is 0 Å². The van der Waals surface area contributed by atoms with Crippen molar-refractivity contribution in [2.24, 2.45) is 0 Å². The highest BCUT2D eigenvalue weighted by Crippen LogP contribution is 2.29. The lowest BCUT2D eigenvalue weighted by Gasteiger charge is -2.35. The molecular weight excluding hydrogens is 453 g/mol. The van der Waals surface area contributed by atoms with Crippen molar-refractivity contribution in [2.75, 3.05) is 18.4 Å². The van der Waals surface area contributed by atoms with Gasteiger partial charge in [0.05, 0.1) is 11.6 Å². The summed E-state index contributed by atoms with van der Waals surface area (Å²) in [4.78, 5) is 34.2. The Labute approximate surface area is 192 Å². The zero-order valence-electron chi connectivity index (χ0n) is 17.9. The lowest BCUT2D eigenvalue weighted by atomic mass is 10.0. The number of aromatic nitrogens is 3. The molecule has 3 aromatic rings. The number of carbonyl (C=O) groups excluding carboxylic acids is 2. The Morgan fingerprint density at radius 2 is 1.94 bits per heavy atom. The average molecular weight is 474 g/mol. The number of carbonyl (C=O) groups is 2. The molecule has 2 N–H and O–H groups in total. The van der Waals surface area contributed by atoms with Gasteiger partial charge < -0.3 is 20.1 Å². The Balaban J connectivity index is 1.36. The zero-order chi connectivity index (χ0) is 24.1. The molecular formula is C22H21F3N6O3. The number of urea groups is 1. The van der Waals surface area contributed by atoms with Gasteiger partial charge in [-0.25, -0.2) is 4.79 Å². The molecule has 1 aromatic carbocycles. The Kier molecular flexibility index (Phi) is 6.75. The molecule has 0 saturated carbocycles. The highest BCUT2D eigenvalue weighted by Gasteiger charge is 2.38. The zero-order valence-corrected chi connectivity index (χ0v) is 17.9. The van der Waals surface area contributed by atoms with E-state index in [9.17, 15) is 22.8 Å². The van der Waals surface area contributed by atoms with Gasteiger partial charge in [-0.2, -0.15) is 18.2 Å². The van der Waals surface area contributed by atoms with Gasteiger partial charge in [-0.3, -0.25) is 9.78 Å². The van der Waals surface area contributed by atoms with Crippen LogP contribution in [0.25, 0.3) is 11.4 Å². The van der Waals surface area contributed by atoms with Gasteiger partial charge >= 0.3 is 18.1 Å². The monoisotopic (exact) mass is 474 g/mol. The van der Waals surface area contributed by atoms with Crippen molar-refractivity contribution in [3.05, 3.63) is 60.2 Å². The Hall–Kier alpha value is -3.96. The average Bonchev–Trinajstić information content (AvgIpc) is 3.35. The van der Waals surface area contributed by atoms with Gasteiger partial charge in [-0.1, -0.05) is 5.16 Å². The van der Waals surface area contributed by atoms with E-state index in [1.54, 1.807) is 35.4 Å². The number of piperidine rings is 1. The summed E-state index contributed by atoms with van der Waals surface area (Å²) in [6.07, 6.45) is 0.872. The van der Waals surface area contributed by atoms with E-state index in [1.165, 1.54) is 18.3 Å². The number of rotatable bonds is 5. The molecule has 0 radical (unpaired) electrons. The first-order valence-electron chi connectivity index (χ1n) is 10.6. The number of nitrogens with zero attached hydrogens (tertiary/aromatic N) is 4. The van der Waals surface area contributed by atoms with Crippen molar-refractivity contribution in [3.8, 4) is 11.4 Å². The quantitative estimate of drug-likeness (QED) is 0.579. The van der Waals surface area contributed by atoms with Crippen LogP contribution in [-0.2, 0) is 6.18 Å². The molecule has 0 bridgehead atoms. The van der Waals surface area contributed by atoms with Gasteiger partial charge in [0.2, 0.25) is 5.82 Å². The molecule has 1 unspecified atom stereocenters. The molecule has 2 aromatic heterocycles. The fourth-order valence-corrected chi connectivity index (χ4v) is 3.64. The second kappa shape index (κ2) is 9.89. The Morgan fingerprint density at radius 1 is 1.15 bits per heavy atom. The molecule has 3 amide bonds. The summed E-state index contributed by atoms with van der Waals surface area (Å²) in [6, 6.07) is 8.90. The van der Waals surface area contributed by atoms with Crippen LogP contribution in [0.5, 0.6) is 0 Å². The van der Waals surface area contributed by atoms with E-state index in [0.29, 0.717) is 29.9 Å². The van der Waals surface area contributed by atoms with Crippen molar-refractivity contribution < 1.29 is 27.3 Å². The number of alkyl halides is 3. The van der Waals surface area contributed by atoms with Crippen molar-refractivity contribution in [1.29, 1.82) is 0 Å². The topological polar surface area (TPSA) is 113 Å². The van der Waals surface area contributed by atoms with Crippen LogP contribution in [0.2, 0.25) is 0 Å². The minimum absolute atomic E-state index is 0.172. The number of anilines is 1. The second-order valence-corrected chi connectivity index (χ2v) is 7.72. The van der Waals surface area contributed by atoms with E-state index < -0.39 is 12.1 Å². The molecule has 178 valence electrons. The van der Waals surface area contributed by atoms with Crippen molar-refractivity contribution in [2.45, 2.75) is 31.5 Å². The van der Waals surface area contributed by atoms with Gasteiger partial charge in [0.15, 0.2) is 0 Å². The molecule has 1 atom stereocenters. The maximum Gasteiger partial charge on any atom is 0.471 e. The molecule has 1 fully saturated rings. The highest BCUT2D eigenvalue weighted by molar-refractivity contribution is 5.94. The fourth-order valence-electron chi connectivity index (χ4n) is 3.64. The predicted octanol–water partition coefficient (Wildman–Crippen LogP) is 3.97. The van der Waals surface area contributed by atoms with E-state index in [4.69, 9.17) is 0 Å². The molecule has 1 saturated heterocycles. The second-order valence-electron chi connectivity index (χ2n) is 7.72. The summed E-state index contributed by atoms with van der Waals surface area (Å²) in [7, 11) is 0. The van der Waals surface area contributed by atoms with Crippen LogP contribution in [-0.4, -0.2) is 51.1 Å². The first kappa shape index (κ1) is 23.2. The van der Waals surface area contributed by atoms with Crippen LogP contribution in [0.15, 0.2) is 53.3 Å². The van der Waals surface area contributed by atoms with Gasteiger partial charge in [-0.05, 0) is 55.7 Å². The summed E-state index contributed by atoms with van der Waals surface area (Å²) in [5, 5.41) is 8.98. The van der Waals surface area contributed by atoms with Crippen LogP contribution in [0.1, 0.15) is 35.5 Å². The number of pyridine rings is 1. The summed E-state index contributed by atoms with van der Waals surface area (Å²) in [6.45, 7) is 0.847. The van der Waals surface area contributed by atoms with E-state index in [1.807, 2.05) is 0 Å². The van der Waals surface area contributed by atoms with E-state index >= 15 is 0 Å².